The number of carbonyl (C=O) groups excluding carboxylic acids is 3. The fourth-order valence-corrected chi connectivity index (χ4v) is 5.39. The van der Waals surface area contributed by atoms with Crippen molar-refractivity contribution in [2.24, 2.45) is 0 Å². The Morgan fingerprint density at radius 1 is 1.07 bits per heavy atom. The minimum Gasteiger partial charge on any atom is -0.496 e. The van der Waals surface area contributed by atoms with Gasteiger partial charge in [-0.1, -0.05) is 12.1 Å². The van der Waals surface area contributed by atoms with Crippen molar-refractivity contribution in [3.05, 3.63) is 95.6 Å². The third-order valence-corrected chi connectivity index (χ3v) is 7.58. The maximum atomic E-state index is 14.6. The molecule has 44 heavy (non-hydrogen) atoms. The van der Waals surface area contributed by atoms with Crippen molar-refractivity contribution < 1.29 is 33.0 Å². The van der Waals surface area contributed by atoms with Gasteiger partial charge < -0.3 is 29.7 Å². The topological polar surface area (TPSA) is 135 Å². The van der Waals surface area contributed by atoms with Gasteiger partial charge >= 0.3 is 0 Å². The number of amides is 3. The van der Waals surface area contributed by atoms with Crippen molar-refractivity contribution in [2.75, 3.05) is 26.8 Å². The zero-order valence-electron chi connectivity index (χ0n) is 23.8. The van der Waals surface area contributed by atoms with Crippen LogP contribution in [-0.4, -0.2) is 71.8 Å². The first-order valence-electron chi connectivity index (χ1n) is 14.1. The van der Waals surface area contributed by atoms with Crippen LogP contribution in [0.4, 0.5) is 4.39 Å². The molecular formula is C32H30FN5O6. The van der Waals surface area contributed by atoms with E-state index in [0.717, 1.165) is 5.56 Å². The summed E-state index contributed by atoms with van der Waals surface area (Å²) in [6.45, 7) is 0.306. The zero-order chi connectivity index (χ0) is 30.6. The van der Waals surface area contributed by atoms with Crippen molar-refractivity contribution in [1.29, 1.82) is 0 Å². The molecule has 0 spiro atoms. The number of likely N-dealkylation sites (tertiary alicyclic amines) is 1. The molecule has 12 heteroatoms. The molecule has 3 amide bonds. The molecule has 1 saturated heterocycles. The maximum absolute atomic E-state index is 14.6. The molecule has 11 nitrogen and oxygen atoms in total. The number of carbonyl (C=O) groups is 3. The number of H-pyrrole nitrogens is 1. The van der Waals surface area contributed by atoms with E-state index in [1.807, 2.05) is 6.07 Å². The summed E-state index contributed by atoms with van der Waals surface area (Å²) in [6.07, 6.45) is 2.75. The van der Waals surface area contributed by atoms with Crippen LogP contribution in [0.2, 0.25) is 0 Å². The summed E-state index contributed by atoms with van der Waals surface area (Å²) in [7, 11) is 1.54. The Morgan fingerprint density at radius 3 is 2.77 bits per heavy atom. The van der Waals surface area contributed by atoms with E-state index in [2.05, 4.69) is 20.8 Å². The second-order valence-electron chi connectivity index (χ2n) is 10.6. The predicted octanol–water partition coefficient (Wildman–Crippen LogP) is 3.33. The van der Waals surface area contributed by atoms with Gasteiger partial charge in [0.15, 0.2) is 6.61 Å². The number of nitrogens with zero attached hydrogens (tertiary/aromatic N) is 2. The van der Waals surface area contributed by atoms with Crippen LogP contribution in [0, 0.1) is 5.82 Å². The van der Waals surface area contributed by atoms with Crippen LogP contribution in [0.5, 0.6) is 17.2 Å². The van der Waals surface area contributed by atoms with E-state index in [-0.39, 0.29) is 43.2 Å². The number of nitrogens with one attached hydrogen (secondary N) is 3. The fraction of sp³-hybridized carbons (Fsp3) is 0.250. The smallest absolute Gasteiger partial charge is 0.258 e. The first-order valence-corrected chi connectivity index (χ1v) is 14.1. The predicted molar refractivity (Wildman–Crippen MR) is 157 cm³/mol. The van der Waals surface area contributed by atoms with Gasteiger partial charge in [0.2, 0.25) is 0 Å². The number of aromatic nitrogens is 2. The molecule has 6 rings (SSSR count). The quantitative estimate of drug-likeness (QED) is 0.322. The zero-order valence-corrected chi connectivity index (χ0v) is 23.8. The molecule has 1 aromatic heterocycles. The molecule has 3 N–H and O–H groups in total. The number of piperidine rings is 1. The summed E-state index contributed by atoms with van der Waals surface area (Å²) in [5.41, 5.74) is 2.61. The maximum Gasteiger partial charge on any atom is 0.258 e. The molecule has 3 heterocycles. The Hall–Kier alpha value is -5.39. The number of hydrogen-bond acceptors (Lipinski definition) is 7. The Labute approximate surface area is 252 Å². The van der Waals surface area contributed by atoms with Crippen molar-refractivity contribution in [1.82, 2.24) is 25.7 Å². The molecule has 1 fully saturated rings. The highest BCUT2D eigenvalue weighted by molar-refractivity contribution is 5.97. The minimum absolute atomic E-state index is 0.0528. The molecular weight excluding hydrogens is 569 g/mol. The van der Waals surface area contributed by atoms with Gasteiger partial charge in [-0.25, -0.2) is 4.39 Å². The number of methoxy groups -OCH3 is 1. The van der Waals surface area contributed by atoms with Crippen LogP contribution in [0.1, 0.15) is 32.7 Å². The van der Waals surface area contributed by atoms with Gasteiger partial charge in [-0.05, 0) is 53.6 Å². The number of fused-ring (bicyclic) bond motifs is 8. The van der Waals surface area contributed by atoms with Gasteiger partial charge in [-0.2, -0.15) is 5.10 Å². The largest absolute Gasteiger partial charge is 0.496 e. The summed E-state index contributed by atoms with van der Waals surface area (Å²) < 4.78 is 32.2. The van der Waals surface area contributed by atoms with Crippen molar-refractivity contribution in [3.8, 4) is 28.4 Å². The highest BCUT2D eigenvalue weighted by atomic mass is 19.1. The second-order valence-corrected chi connectivity index (χ2v) is 10.6. The van der Waals surface area contributed by atoms with Crippen molar-refractivity contribution in [2.45, 2.75) is 25.1 Å². The van der Waals surface area contributed by atoms with Crippen LogP contribution >= 0.6 is 0 Å². The average molecular weight is 600 g/mol. The summed E-state index contributed by atoms with van der Waals surface area (Å²) in [6, 6.07) is 15.7. The first-order chi connectivity index (χ1) is 21.4. The van der Waals surface area contributed by atoms with Crippen molar-refractivity contribution in [3.63, 3.8) is 0 Å². The third kappa shape index (κ3) is 6.33. The molecule has 226 valence electrons. The molecule has 6 bridgehead atoms. The molecule has 2 aliphatic rings. The lowest BCUT2D eigenvalue weighted by Gasteiger charge is -2.38. The lowest BCUT2D eigenvalue weighted by Crippen LogP contribution is -2.58. The highest BCUT2D eigenvalue weighted by Gasteiger charge is 2.35. The van der Waals surface area contributed by atoms with Crippen LogP contribution in [0.25, 0.3) is 11.1 Å². The molecule has 3 aromatic carbocycles. The normalized spacial score (nSPS) is 18.6. The Morgan fingerprint density at radius 2 is 1.95 bits per heavy atom. The fourth-order valence-electron chi connectivity index (χ4n) is 5.39. The molecule has 0 radical (unpaired) electrons. The van der Waals surface area contributed by atoms with Crippen LogP contribution in [-0.2, 0) is 11.3 Å². The van der Waals surface area contributed by atoms with Crippen LogP contribution in [0.3, 0.4) is 0 Å². The lowest BCUT2D eigenvalue weighted by atomic mass is 9.99. The van der Waals surface area contributed by atoms with E-state index in [1.165, 1.54) is 31.6 Å². The van der Waals surface area contributed by atoms with Gasteiger partial charge in [-0.15, -0.1) is 0 Å². The molecule has 2 aliphatic heterocycles. The van der Waals surface area contributed by atoms with Gasteiger partial charge in [0.25, 0.3) is 17.7 Å². The molecule has 0 aliphatic carbocycles. The Bertz CT molecular complexity index is 1690. The number of benzene rings is 3. The van der Waals surface area contributed by atoms with Gasteiger partial charge in [0, 0.05) is 49.4 Å². The standard InChI is InChI=1S/C32H30FN5O6/c1-42-28-6-5-21-12-26(28)20-3-2-4-24(11-20)43-18-30(39)34-14-19-9-23(33)13-25(10-19)44-29-7-8-38(17-27(29)37-31(21)40)32(41)22-15-35-36-16-22/h2-6,9-13,15-16,27,29H,7-8,14,17-18H2,1H3,(H,34,39)(H,35,36)(H,37,40)/t27-,29-/m1/s1. The number of rotatable bonds is 2. The molecule has 4 aromatic rings. The number of aromatic amines is 1. The number of ether oxygens (including phenoxy) is 3. The molecule has 0 unspecified atom stereocenters. The lowest BCUT2D eigenvalue weighted by molar-refractivity contribution is -0.123. The van der Waals surface area contributed by atoms with Gasteiger partial charge in [-0.3, -0.25) is 19.5 Å². The summed E-state index contributed by atoms with van der Waals surface area (Å²) in [4.78, 5) is 41.1. The average Bonchev–Trinajstić information content (AvgIpc) is 3.58. The van der Waals surface area contributed by atoms with E-state index >= 15 is 0 Å². The van der Waals surface area contributed by atoms with Crippen molar-refractivity contribution >= 4 is 17.7 Å². The molecule has 2 atom stereocenters. The third-order valence-electron chi connectivity index (χ3n) is 7.58. The van der Waals surface area contributed by atoms with E-state index in [1.54, 1.807) is 47.4 Å². The summed E-state index contributed by atoms with van der Waals surface area (Å²) >= 11 is 0. The van der Waals surface area contributed by atoms with Gasteiger partial charge in [0.1, 0.15) is 29.2 Å². The summed E-state index contributed by atoms with van der Waals surface area (Å²) in [5, 5.41) is 12.3. The Kier molecular flexibility index (Phi) is 8.13. The monoisotopic (exact) mass is 599 g/mol. The van der Waals surface area contributed by atoms with Gasteiger partial charge in [0.05, 0.1) is 24.9 Å². The van der Waals surface area contributed by atoms with E-state index in [4.69, 9.17) is 14.2 Å². The number of halogens is 1. The van der Waals surface area contributed by atoms with Crippen LogP contribution < -0.4 is 24.8 Å². The van der Waals surface area contributed by atoms with E-state index in [0.29, 0.717) is 46.7 Å². The van der Waals surface area contributed by atoms with Crippen LogP contribution in [0.15, 0.2) is 73.1 Å². The van der Waals surface area contributed by atoms with E-state index < -0.39 is 18.0 Å². The first kappa shape index (κ1) is 28.7. The molecule has 0 saturated carbocycles. The SMILES string of the molecule is COc1ccc2cc1-c1cccc(c1)OCC(=O)NCc1cc(F)cc(c1)O[C@@H]1CCN(C(=O)c3cn[nH]c3)C[C@H]1NC2=O. The minimum atomic E-state index is -0.636. The second kappa shape index (κ2) is 12.5. The highest BCUT2D eigenvalue weighted by Crippen LogP contribution is 2.33. The summed E-state index contributed by atoms with van der Waals surface area (Å²) in [5.74, 6) is -0.315. The Balaban J connectivity index is 1.37. The van der Waals surface area contributed by atoms with E-state index in [9.17, 15) is 18.8 Å². The number of hydrogen-bond donors (Lipinski definition) is 3.